The Balaban J connectivity index is 1.17. The van der Waals surface area contributed by atoms with Crippen LogP contribution in [0.2, 0.25) is 0 Å². The van der Waals surface area contributed by atoms with Crippen LogP contribution in [0.1, 0.15) is 28.4 Å². The summed E-state index contributed by atoms with van der Waals surface area (Å²) in [7, 11) is 0. The lowest BCUT2D eigenvalue weighted by Gasteiger charge is -2.30. The lowest BCUT2D eigenvalue weighted by atomic mass is 10.1. The molecular weight excluding hydrogens is 492 g/mol. The van der Waals surface area contributed by atoms with Crippen molar-refractivity contribution >= 4 is 40.9 Å². The molecule has 0 saturated carbocycles. The molecule has 190 valence electrons. The van der Waals surface area contributed by atoms with Gasteiger partial charge in [-0.05, 0) is 48.9 Å². The van der Waals surface area contributed by atoms with E-state index in [1.165, 1.54) is 0 Å². The monoisotopic (exact) mass is 518 g/mol. The minimum absolute atomic E-state index is 0.119. The van der Waals surface area contributed by atoms with Gasteiger partial charge in [0.25, 0.3) is 0 Å². The van der Waals surface area contributed by atoms with E-state index in [2.05, 4.69) is 9.67 Å². The van der Waals surface area contributed by atoms with Crippen molar-refractivity contribution in [1.82, 2.24) is 19.5 Å². The lowest BCUT2D eigenvalue weighted by molar-refractivity contribution is -0.0592. The zero-order valence-electron chi connectivity index (χ0n) is 20.1. The lowest BCUT2D eigenvalue weighted by Crippen LogP contribution is -2.38. The van der Waals surface area contributed by atoms with Crippen LogP contribution in [-0.4, -0.2) is 62.8 Å². The highest BCUT2D eigenvalue weighted by molar-refractivity contribution is 7.98. The third-order valence-corrected chi connectivity index (χ3v) is 7.43. The number of fused-ring (bicyclic) bond motifs is 1. The maximum atomic E-state index is 11.5. The summed E-state index contributed by atoms with van der Waals surface area (Å²) in [4.78, 5) is 23.2. The van der Waals surface area contributed by atoms with Gasteiger partial charge in [-0.15, -0.1) is 0 Å². The number of benzene rings is 1. The minimum atomic E-state index is -0.950. The number of hydrogen-bond acceptors (Lipinski definition) is 9. The van der Waals surface area contributed by atoms with Gasteiger partial charge in [-0.2, -0.15) is 5.10 Å². The number of ether oxygens (including phenoxy) is 1. The molecular formula is C26H26N6O4S. The van der Waals surface area contributed by atoms with Crippen molar-refractivity contribution in [1.29, 1.82) is 0 Å². The summed E-state index contributed by atoms with van der Waals surface area (Å²) in [6, 6.07) is 14.9. The zero-order valence-corrected chi connectivity index (χ0v) is 20.9. The summed E-state index contributed by atoms with van der Waals surface area (Å²) in [6.07, 6.45) is 4.59. The van der Waals surface area contributed by atoms with E-state index in [4.69, 9.17) is 19.1 Å². The summed E-state index contributed by atoms with van der Waals surface area (Å²) in [5.41, 5.74) is 1.83. The predicted octanol–water partition coefficient (Wildman–Crippen LogP) is 4.07. The number of pyridine rings is 1. The Morgan fingerprint density at radius 3 is 2.78 bits per heavy atom. The van der Waals surface area contributed by atoms with Crippen molar-refractivity contribution in [2.75, 3.05) is 24.6 Å². The van der Waals surface area contributed by atoms with Gasteiger partial charge in [0, 0.05) is 13.2 Å². The molecule has 1 atom stereocenters. The summed E-state index contributed by atoms with van der Waals surface area (Å²) in [5.74, 6) is 2.39. The van der Waals surface area contributed by atoms with Gasteiger partial charge in [0.1, 0.15) is 23.7 Å². The molecule has 2 aliphatic heterocycles. The number of furan rings is 1. The van der Waals surface area contributed by atoms with E-state index in [0.29, 0.717) is 19.6 Å². The molecule has 11 heteroatoms. The zero-order chi connectivity index (χ0) is 25.2. The van der Waals surface area contributed by atoms with Crippen LogP contribution in [-0.2, 0) is 23.6 Å². The molecule has 5 heterocycles. The summed E-state index contributed by atoms with van der Waals surface area (Å²) in [5, 5.41) is 17.0. The molecule has 1 aromatic carbocycles. The first-order valence-corrected chi connectivity index (χ1v) is 13.1. The second kappa shape index (κ2) is 10.3. The molecule has 0 unspecified atom stereocenters. The molecule has 0 aliphatic carbocycles. The number of carbonyl (C=O) groups is 1. The van der Waals surface area contributed by atoms with Gasteiger partial charge in [-0.1, -0.05) is 17.8 Å². The van der Waals surface area contributed by atoms with Crippen molar-refractivity contribution in [3.8, 4) is 0 Å². The molecule has 37 heavy (non-hydrogen) atoms. The van der Waals surface area contributed by atoms with Crippen molar-refractivity contribution in [2.24, 2.45) is 5.10 Å². The number of thioether (sulfide) groups is 1. The second-order valence-electron chi connectivity index (χ2n) is 8.94. The molecule has 0 bridgehead atoms. The Hall–Kier alpha value is -3.83. The van der Waals surface area contributed by atoms with E-state index < -0.39 is 5.97 Å². The van der Waals surface area contributed by atoms with Gasteiger partial charge >= 0.3 is 5.97 Å². The van der Waals surface area contributed by atoms with E-state index in [0.717, 1.165) is 58.8 Å². The van der Waals surface area contributed by atoms with E-state index in [1.54, 1.807) is 42.6 Å². The van der Waals surface area contributed by atoms with E-state index in [1.807, 2.05) is 40.2 Å². The Morgan fingerprint density at radius 2 is 2.05 bits per heavy atom. The molecule has 0 amide bonds. The molecule has 10 nitrogen and oxygen atoms in total. The maximum Gasteiger partial charge on any atom is 0.335 e. The molecule has 2 aliphatic rings. The van der Waals surface area contributed by atoms with Crippen molar-refractivity contribution in [2.45, 2.75) is 36.4 Å². The molecule has 6 rings (SSSR count). The van der Waals surface area contributed by atoms with Crippen molar-refractivity contribution in [3.63, 3.8) is 0 Å². The number of nitrogens with zero attached hydrogens (tertiary/aromatic N) is 6. The number of imidazole rings is 1. The number of aromatic nitrogens is 3. The van der Waals surface area contributed by atoms with E-state index >= 15 is 0 Å². The van der Waals surface area contributed by atoms with Crippen LogP contribution in [0.4, 0.5) is 5.82 Å². The van der Waals surface area contributed by atoms with Gasteiger partial charge in [0.05, 0.1) is 59.4 Å². The Kier molecular flexibility index (Phi) is 6.54. The Bertz CT molecular complexity index is 1430. The van der Waals surface area contributed by atoms with Crippen LogP contribution < -0.4 is 4.90 Å². The standard InChI is InChI=1S/C26H26N6O4S/c33-26(34)18-6-7-21-22(13-18)32(14-19-8-12-36-19)24(28-21)15-31-10-9-30(17-27-31)23-4-1-5-25(29-23)37-16-20-3-2-11-35-20/h1-7,11,13,17,19H,8-10,12,14-16H2,(H,33,34)/t19-/m0/s1. The topological polar surface area (TPSA) is 109 Å². The molecule has 0 spiro atoms. The first-order chi connectivity index (χ1) is 18.1. The number of aromatic carboxylic acids is 1. The largest absolute Gasteiger partial charge is 0.478 e. The number of hydrogen-bond donors (Lipinski definition) is 1. The van der Waals surface area contributed by atoms with Gasteiger partial charge < -0.3 is 23.7 Å². The predicted molar refractivity (Wildman–Crippen MR) is 140 cm³/mol. The third kappa shape index (κ3) is 5.18. The summed E-state index contributed by atoms with van der Waals surface area (Å²) >= 11 is 1.63. The molecule has 1 fully saturated rings. The van der Waals surface area contributed by atoms with Crippen molar-refractivity contribution < 1.29 is 19.1 Å². The van der Waals surface area contributed by atoms with Gasteiger partial charge in [-0.3, -0.25) is 5.01 Å². The van der Waals surface area contributed by atoms with Crippen LogP contribution in [0, 0.1) is 0 Å². The molecule has 1 N–H and O–H groups in total. The SMILES string of the molecule is O=C(O)c1ccc2nc(CN3CCN(c4cccc(SCc5ccco5)n4)C=N3)n(C[C@@H]3CCO3)c2c1. The first-order valence-electron chi connectivity index (χ1n) is 12.1. The van der Waals surface area contributed by atoms with Crippen LogP contribution >= 0.6 is 11.8 Å². The van der Waals surface area contributed by atoms with E-state index in [-0.39, 0.29) is 11.7 Å². The quantitative estimate of drug-likeness (QED) is 0.328. The molecule has 0 radical (unpaired) electrons. The van der Waals surface area contributed by atoms with Crippen LogP contribution in [0.3, 0.4) is 0 Å². The van der Waals surface area contributed by atoms with Crippen LogP contribution in [0.15, 0.2) is 69.3 Å². The minimum Gasteiger partial charge on any atom is -0.478 e. The Morgan fingerprint density at radius 1 is 1.14 bits per heavy atom. The Labute approximate surface area is 217 Å². The fourth-order valence-electron chi connectivity index (χ4n) is 4.38. The average molecular weight is 519 g/mol. The first kappa shape index (κ1) is 23.6. The van der Waals surface area contributed by atoms with Gasteiger partial charge in [0.15, 0.2) is 0 Å². The third-order valence-electron chi connectivity index (χ3n) is 6.48. The number of carboxylic acid groups (broad SMARTS) is 1. The number of hydrazone groups is 1. The number of carboxylic acids is 1. The number of anilines is 1. The van der Waals surface area contributed by atoms with Gasteiger partial charge in [0.2, 0.25) is 0 Å². The van der Waals surface area contributed by atoms with E-state index in [9.17, 15) is 9.90 Å². The van der Waals surface area contributed by atoms with Crippen LogP contribution in [0.5, 0.6) is 0 Å². The molecule has 4 aromatic rings. The van der Waals surface area contributed by atoms with Gasteiger partial charge in [-0.25, -0.2) is 14.8 Å². The highest BCUT2D eigenvalue weighted by atomic mass is 32.2. The van der Waals surface area contributed by atoms with Crippen LogP contribution in [0.25, 0.3) is 11.0 Å². The smallest absolute Gasteiger partial charge is 0.335 e. The summed E-state index contributed by atoms with van der Waals surface area (Å²) < 4.78 is 13.1. The normalized spacial score (nSPS) is 17.4. The maximum absolute atomic E-state index is 11.5. The second-order valence-corrected chi connectivity index (χ2v) is 9.94. The highest BCUT2D eigenvalue weighted by Gasteiger charge is 2.24. The number of rotatable bonds is 9. The fraction of sp³-hybridized carbons (Fsp3) is 0.308. The molecule has 3 aromatic heterocycles. The average Bonchev–Trinajstić information content (AvgIpc) is 3.53. The fourth-order valence-corrected chi connectivity index (χ4v) is 5.16. The highest BCUT2D eigenvalue weighted by Crippen LogP contribution is 2.25. The van der Waals surface area contributed by atoms with Crippen molar-refractivity contribution in [3.05, 3.63) is 71.9 Å². The summed E-state index contributed by atoms with van der Waals surface area (Å²) in [6.45, 7) is 3.35. The molecule has 1 saturated heterocycles.